The molecule has 0 aromatic rings. The molecular weight excluding hydrogens is 208 g/mol. The largest absolute Gasteiger partial charge is 0.312 e. The molecule has 0 radical (unpaired) electrons. The topological polar surface area (TPSA) is 15.3 Å². The number of likely N-dealkylation sites (N-methyl/N-ethyl adjacent to an activating group) is 1. The molecule has 17 heavy (non-hydrogen) atoms. The lowest BCUT2D eigenvalue weighted by Crippen LogP contribution is -2.46. The van der Waals surface area contributed by atoms with Gasteiger partial charge in [-0.25, -0.2) is 0 Å². The van der Waals surface area contributed by atoms with Gasteiger partial charge in [-0.3, -0.25) is 0 Å². The maximum Gasteiger partial charge on any atom is 0.0220 e. The summed E-state index contributed by atoms with van der Waals surface area (Å²) in [5.41, 5.74) is 0. The van der Waals surface area contributed by atoms with Gasteiger partial charge in [0.25, 0.3) is 0 Å². The van der Waals surface area contributed by atoms with Gasteiger partial charge < -0.3 is 10.2 Å². The van der Waals surface area contributed by atoms with Crippen molar-refractivity contribution in [1.29, 1.82) is 0 Å². The van der Waals surface area contributed by atoms with Crippen LogP contribution >= 0.6 is 0 Å². The molecule has 0 aromatic heterocycles. The number of nitrogens with zero attached hydrogens (tertiary/aromatic N) is 1. The molecule has 1 aliphatic rings. The van der Waals surface area contributed by atoms with Crippen LogP contribution in [0, 0.1) is 11.8 Å². The van der Waals surface area contributed by atoms with Gasteiger partial charge in [0.05, 0.1) is 0 Å². The number of nitrogens with one attached hydrogen (secondary N) is 1. The Balaban J connectivity index is 2.39. The summed E-state index contributed by atoms with van der Waals surface area (Å²) in [6.07, 6.45) is 5.39. The fourth-order valence-electron chi connectivity index (χ4n) is 2.47. The van der Waals surface area contributed by atoms with Gasteiger partial charge in [0.15, 0.2) is 0 Å². The summed E-state index contributed by atoms with van der Waals surface area (Å²) in [6, 6.07) is 1.43. The lowest BCUT2D eigenvalue weighted by Gasteiger charge is -2.32. The first-order valence-electron chi connectivity index (χ1n) is 7.53. The standard InChI is InChI=1S/C15H32N2/c1-6-10-16-15(12(3)7-2)11-17(5)13(4)14-8-9-14/h12-16H,6-11H2,1-5H3. The first-order chi connectivity index (χ1) is 8.10. The van der Waals surface area contributed by atoms with Crippen LogP contribution in [0.5, 0.6) is 0 Å². The molecule has 1 fully saturated rings. The van der Waals surface area contributed by atoms with Gasteiger partial charge in [-0.05, 0) is 51.6 Å². The minimum Gasteiger partial charge on any atom is -0.312 e. The highest BCUT2D eigenvalue weighted by Gasteiger charge is 2.31. The van der Waals surface area contributed by atoms with E-state index in [1.54, 1.807) is 0 Å². The van der Waals surface area contributed by atoms with Crippen LogP contribution < -0.4 is 5.32 Å². The summed E-state index contributed by atoms with van der Waals surface area (Å²) in [5.74, 6) is 1.75. The normalized spacial score (nSPS) is 21.5. The summed E-state index contributed by atoms with van der Waals surface area (Å²) < 4.78 is 0. The molecule has 1 saturated carbocycles. The summed E-state index contributed by atoms with van der Waals surface area (Å²) in [5, 5.41) is 3.72. The predicted molar refractivity (Wildman–Crippen MR) is 76.4 cm³/mol. The van der Waals surface area contributed by atoms with Crippen molar-refractivity contribution in [2.45, 2.75) is 65.5 Å². The molecule has 2 heteroatoms. The number of rotatable bonds is 9. The van der Waals surface area contributed by atoms with E-state index < -0.39 is 0 Å². The summed E-state index contributed by atoms with van der Waals surface area (Å²) in [7, 11) is 2.30. The van der Waals surface area contributed by atoms with E-state index in [1.807, 2.05) is 0 Å². The van der Waals surface area contributed by atoms with Gasteiger partial charge >= 0.3 is 0 Å². The van der Waals surface area contributed by atoms with E-state index in [-0.39, 0.29) is 0 Å². The Hall–Kier alpha value is -0.0800. The van der Waals surface area contributed by atoms with Crippen LogP contribution in [-0.4, -0.2) is 37.1 Å². The van der Waals surface area contributed by atoms with Crippen LogP contribution in [0.3, 0.4) is 0 Å². The third kappa shape index (κ3) is 4.97. The first-order valence-corrected chi connectivity index (χ1v) is 7.53. The van der Waals surface area contributed by atoms with Crippen molar-refractivity contribution in [3.8, 4) is 0 Å². The summed E-state index contributed by atoms with van der Waals surface area (Å²) in [4.78, 5) is 2.57. The van der Waals surface area contributed by atoms with Crippen molar-refractivity contribution in [2.24, 2.45) is 11.8 Å². The third-order valence-corrected chi connectivity index (χ3v) is 4.47. The van der Waals surface area contributed by atoms with Crippen LogP contribution in [0.4, 0.5) is 0 Å². The zero-order chi connectivity index (χ0) is 12.8. The molecule has 0 heterocycles. The molecule has 1 N–H and O–H groups in total. The molecule has 0 aliphatic heterocycles. The van der Waals surface area contributed by atoms with Crippen LogP contribution in [-0.2, 0) is 0 Å². The summed E-state index contributed by atoms with van der Waals surface area (Å²) >= 11 is 0. The Bertz CT molecular complexity index is 201. The van der Waals surface area contributed by atoms with Crippen molar-refractivity contribution in [3.63, 3.8) is 0 Å². The highest BCUT2D eigenvalue weighted by Crippen LogP contribution is 2.34. The Morgan fingerprint density at radius 1 is 1.24 bits per heavy atom. The van der Waals surface area contributed by atoms with Gasteiger partial charge in [0.2, 0.25) is 0 Å². The number of hydrogen-bond acceptors (Lipinski definition) is 2. The van der Waals surface area contributed by atoms with Gasteiger partial charge in [-0.1, -0.05) is 27.2 Å². The molecule has 0 spiro atoms. The lowest BCUT2D eigenvalue weighted by atomic mass is 9.98. The Morgan fingerprint density at radius 2 is 1.88 bits per heavy atom. The highest BCUT2D eigenvalue weighted by atomic mass is 15.2. The van der Waals surface area contributed by atoms with Gasteiger partial charge in [0, 0.05) is 18.6 Å². The van der Waals surface area contributed by atoms with Crippen molar-refractivity contribution >= 4 is 0 Å². The Labute approximate surface area is 108 Å². The average Bonchev–Trinajstić information content (AvgIpc) is 3.16. The second-order valence-electron chi connectivity index (χ2n) is 5.96. The molecule has 0 amide bonds. The van der Waals surface area contributed by atoms with E-state index in [4.69, 9.17) is 0 Å². The minimum absolute atomic E-state index is 0.658. The fourth-order valence-corrected chi connectivity index (χ4v) is 2.47. The molecule has 0 aromatic carbocycles. The van der Waals surface area contributed by atoms with Crippen molar-refractivity contribution in [3.05, 3.63) is 0 Å². The first kappa shape index (κ1) is 15.0. The highest BCUT2D eigenvalue weighted by molar-refractivity contribution is 4.86. The molecule has 3 atom stereocenters. The molecule has 1 rings (SSSR count). The SMILES string of the molecule is CCCNC(CN(C)C(C)C1CC1)C(C)CC. The van der Waals surface area contributed by atoms with Gasteiger partial charge in [-0.15, -0.1) is 0 Å². The summed E-state index contributed by atoms with van der Waals surface area (Å²) in [6.45, 7) is 11.7. The molecule has 102 valence electrons. The molecule has 0 saturated heterocycles. The lowest BCUT2D eigenvalue weighted by molar-refractivity contribution is 0.186. The maximum absolute atomic E-state index is 3.72. The minimum atomic E-state index is 0.658. The van der Waals surface area contributed by atoms with Gasteiger partial charge in [-0.2, -0.15) is 0 Å². The van der Waals surface area contributed by atoms with E-state index in [9.17, 15) is 0 Å². The fraction of sp³-hybridized carbons (Fsp3) is 1.00. The smallest absolute Gasteiger partial charge is 0.0220 e. The van der Waals surface area contributed by atoms with Crippen LogP contribution in [0.2, 0.25) is 0 Å². The van der Waals surface area contributed by atoms with Crippen molar-refractivity contribution in [1.82, 2.24) is 10.2 Å². The van der Waals surface area contributed by atoms with Crippen molar-refractivity contribution in [2.75, 3.05) is 20.1 Å². The second-order valence-corrected chi connectivity index (χ2v) is 5.96. The van der Waals surface area contributed by atoms with E-state index >= 15 is 0 Å². The zero-order valence-electron chi connectivity index (χ0n) is 12.5. The maximum atomic E-state index is 3.72. The second kappa shape index (κ2) is 7.38. The van der Waals surface area contributed by atoms with E-state index in [0.29, 0.717) is 6.04 Å². The Morgan fingerprint density at radius 3 is 2.35 bits per heavy atom. The molecule has 3 unspecified atom stereocenters. The number of hydrogen-bond donors (Lipinski definition) is 1. The molecule has 2 nitrogen and oxygen atoms in total. The van der Waals surface area contributed by atoms with Crippen LogP contribution in [0.15, 0.2) is 0 Å². The van der Waals surface area contributed by atoms with E-state index in [1.165, 1.54) is 32.2 Å². The molecular formula is C15H32N2. The zero-order valence-corrected chi connectivity index (χ0v) is 12.5. The van der Waals surface area contributed by atoms with Gasteiger partial charge in [0.1, 0.15) is 0 Å². The predicted octanol–water partition coefficient (Wildman–Crippen LogP) is 3.13. The van der Waals surface area contributed by atoms with E-state index in [2.05, 4.69) is 45.0 Å². The average molecular weight is 240 g/mol. The monoisotopic (exact) mass is 240 g/mol. The van der Waals surface area contributed by atoms with Crippen LogP contribution in [0.25, 0.3) is 0 Å². The molecule has 0 bridgehead atoms. The third-order valence-electron chi connectivity index (χ3n) is 4.47. The van der Waals surface area contributed by atoms with Crippen molar-refractivity contribution < 1.29 is 0 Å². The Kier molecular flexibility index (Phi) is 6.50. The van der Waals surface area contributed by atoms with Crippen LogP contribution in [0.1, 0.15) is 53.4 Å². The quantitative estimate of drug-likeness (QED) is 0.666. The van der Waals surface area contributed by atoms with E-state index in [0.717, 1.165) is 24.4 Å². The molecule has 1 aliphatic carbocycles.